The van der Waals surface area contributed by atoms with Crippen LogP contribution in [0.2, 0.25) is 0 Å². The molecule has 2 aromatic rings. The summed E-state index contributed by atoms with van der Waals surface area (Å²) in [5.41, 5.74) is 6.72. The fourth-order valence-electron chi connectivity index (χ4n) is 4.14. The molecule has 0 spiro atoms. The van der Waals surface area contributed by atoms with E-state index in [4.69, 9.17) is 10.5 Å². The molecule has 1 aliphatic heterocycles. The highest BCUT2D eigenvalue weighted by Gasteiger charge is 2.19. The molecule has 3 rings (SSSR count). The summed E-state index contributed by atoms with van der Waals surface area (Å²) in [6, 6.07) is 4.86. The van der Waals surface area contributed by atoms with Gasteiger partial charge >= 0.3 is 6.03 Å². The number of carbonyl (C=O) groups is 3. The lowest BCUT2D eigenvalue weighted by Gasteiger charge is -2.23. The molecule has 0 saturated carbocycles. The van der Waals surface area contributed by atoms with E-state index in [1.165, 1.54) is 43.6 Å². The molecule has 1 saturated heterocycles. The number of nitrogen functional groups attached to an aromatic ring is 1. The molecule has 0 aliphatic carbocycles. The van der Waals surface area contributed by atoms with Crippen LogP contribution in [0.25, 0.3) is 0 Å². The lowest BCUT2D eigenvalue weighted by atomic mass is 9.95. The van der Waals surface area contributed by atoms with Gasteiger partial charge in [-0.2, -0.15) is 0 Å². The number of nitrogens with zero attached hydrogens (tertiary/aromatic N) is 3. The first-order valence-electron chi connectivity index (χ1n) is 13.4. The van der Waals surface area contributed by atoms with Crippen LogP contribution in [0.3, 0.4) is 0 Å². The second-order valence-electron chi connectivity index (χ2n) is 9.55. The Labute approximate surface area is 245 Å². The number of pyridine rings is 1. The number of hydrogen-bond donors (Lipinski definition) is 3. The number of halogens is 1. The summed E-state index contributed by atoms with van der Waals surface area (Å²) < 4.78 is 20.8. The molecule has 4 amide bonds. The van der Waals surface area contributed by atoms with Crippen LogP contribution in [0.4, 0.5) is 20.7 Å². The van der Waals surface area contributed by atoms with Crippen molar-refractivity contribution in [3.05, 3.63) is 78.9 Å². The van der Waals surface area contributed by atoms with Gasteiger partial charge < -0.3 is 21.1 Å². The molecule has 0 bridgehead atoms. The number of nitrogens with one attached hydrogen (secondary N) is 2. The summed E-state index contributed by atoms with van der Waals surface area (Å²) in [4.78, 5) is 42.8. The van der Waals surface area contributed by atoms with Crippen molar-refractivity contribution in [2.45, 2.75) is 26.2 Å². The van der Waals surface area contributed by atoms with Crippen LogP contribution in [0.15, 0.2) is 67.5 Å². The minimum absolute atomic E-state index is 0.00128. The SMILES string of the molecule is C=CCN(C=O)C(=O)N(/C=C(\C)C(=O)Nc1ccc(Oc2ccnc(N)c2C#CCC2CCNCC2)c(F)c1)CC=C. The number of piperidine rings is 1. The first-order valence-corrected chi connectivity index (χ1v) is 13.4. The van der Waals surface area contributed by atoms with E-state index in [-0.39, 0.29) is 41.7 Å². The van der Waals surface area contributed by atoms with Crippen LogP contribution in [-0.4, -0.2) is 59.3 Å². The van der Waals surface area contributed by atoms with E-state index in [0.717, 1.165) is 48.2 Å². The zero-order valence-electron chi connectivity index (χ0n) is 23.6. The second kappa shape index (κ2) is 15.7. The number of carbonyl (C=O) groups excluding carboxylic acids is 3. The molecule has 0 atom stereocenters. The van der Waals surface area contributed by atoms with Crippen molar-refractivity contribution in [1.82, 2.24) is 20.1 Å². The maximum absolute atomic E-state index is 15.0. The van der Waals surface area contributed by atoms with E-state index in [9.17, 15) is 14.4 Å². The predicted octanol–water partition coefficient (Wildman–Crippen LogP) is 4.43. The highest BCUT2D eigenvalue weighted by atomic mass is 19.1. The van der Waals surface area contributed by atoms with Crippen LogP contribution >= 0.6 is 0 Å². The van der Waals surface area contributed by atoms with Crippen molar-refractivity contribution in [2.24, 2.45) is 5.92 Å². The van der Waals surface area contributed by atoms with E-state index in [1.807, 2.05) is 0 Å². The van der Waals surface area contributed by atoms with E-state index in [1.54, 1.807) is 6.07 Å². The van der Waals surface area contributed by atoms with Gasteiger partial charge in [0.25, 0.3) is 5.91 Å². The van der Waals surface area contributed by atoms with Crippen LogP contribution in [0, 0.1) is 23.6 Å². The number of ether oxygens (including phenoxy) is 1. The third-order valence-corrected chi connectivity index (χ3v) is 6.39. The lowest BCUT2D eigenvalue weighted by Crippen LogP contribution is -2.40. The van der Waals surface area contributed by atoms with E-state index < -0.39 is 17.8 Å². The first-order chi connectivity index (χ1) is 20.3. The Hall–Kier alpha value is -4.95. The molecule has 1 aromatic carbocycles. The number of urea groups is 1. The Morgan fingerprint density at radius 2 is 1.90 bits per heavy atom. The normalized spacial score (nSPS) is 13.2. The summed E-state index contributed by atoms with van der Waals surface area (Å²) >= 11 is 0. The van der Waals surface area contributed by atoms with Gasteiger partial charge in [0.2, 0.25) is 6.41 Å². The summed E-state index contributed by atoms with van der Waals surface area (Å²) in [5.74, 6) is 5.75. The van der Waals surface area contributed by atoms with Gasteiger partial charge in [-0.05, 0) is 50.9 Å². The Bertz CT molecular complexity index is 1410. The summed E-state index contributed by atoms with van der Waals surface area (Å²) in [5, 5.41) is 5.91. The van der Waals surface area contributed by atoms with Crippen molar-refractivity contribution >= 4 is 29.9 Å². The minimum atomic E-state index is -0.729. The van der Waals surface area contributed by atoms with E-state index in [0.29, 0.717) is 17.9 Å². The number of hydrogen-bond acceptors (Lipinski definition) is 7. The zero-order valence-corrected chi connectivity index (χ0v) is 23.6. The van der Waals surface area contributed by atoms with Crippen molar-refractivity contribution in [1.29, 1.82) is 0 Å². The Morgan fingerprint density at radius 1 is 1.19 bits per heavy atom. The third-order valence-electron chi connectivity index (χ3n) is 6.39. The van der Waals surface area contributed by atoms with Crippen molar-refractivity contribution < 1.29 is 23.5 Å². The van der Waals surface area contributed by atoms with Gasteiger partial charge in [-0.15, -0.1) is 13.2 Å². The maximum Gasteiger partial charge on any atom is 0.331 e. The zero-order chi connectivity index (χ0) is 30.5. The molecular weight excluding hydrogens is 539 g/mol. The molecule has 1 aliphatic rings. The number of amides is 4. The van der Waals surface area contributed by atoms with Gasteiger partial charge in [0.15, 0.2) is 11.6 Å². The largest absolute Gasteiger partial charge is 0.453 e. The molecule has 11 heteroatoms. The second-order valence-corrected chi connectivity index (χ2v) is 9.55. The number of imide groups is 1. The fourth-order valence-corrected chi connectivity index (χ4v) is 4.14. The van der Waals surface area contributed by atoms with Crippen LogP contribution in [0.1, 0.15) is 31.7 Å². The molecule has 4 N–H and O–H groups in total. The van der Waals surface area contributed by atoms with Crippen LogP contribution in [0.5, 0.6) is 11.5 Å². The van der Waals surface area contributed by atoms with Gasteiger partial charge in [0.1, 0.15) is 17.1 Å². The Balaban J connectivity index is 1.71. The van der Waals surface area contributed by atoms with Gasteiger partial charge in [-0.1, -0.05) is 24.0 Å². The van der Waals surface area contributed by atoms with Gasteiger partial charge in [-0.3, -0.25) is 19.4 Å². The Morgan fingerprint density at radius 3 is 2.57 bits per heavy atom. The summed E-state index contributed by atoms with van der Waals surface area (Å²) in [6.07, 6.45) is 8.80. The van der Waals surface area contributed by atoms with Crippen LogP contribution < -0.4 is 21.1 Å². The molecule has 0 unspecified atom stereocenters. The highest BCUT2D eigenvalue weighted by molar-refractivity contribution is 6.03. The molecular formula is C31H35FN6O4. The van der Waals surface area contributed by atoms with E-state index in [2.05, 4.69) is 40.6 Å². The molecule has 42 heavy (non-hydrogen) atoms. The number of nitrogens with two attached hydrogens (primary N) is 1. The maximum atomic E-state index is 15.0. The van der Waals surface area contributed by atoms with Gasteiger partial charge in [0.05, 0.1) is 0 Å². The first kappa shape index (κ1) is 31.6. The third kappa shape index (κ3) is 8.78. The van der Waals surface area contributed by atoms with E-state index >= 15 is 4.39 Å². The van der Waals surface area contributed by atoms with Crippen LogP contribution in [-0.2, 0) is 9.59 Å². The Kier molecular flexibility index (Phi) is 11.8. The highest BCUT2D eigenvalue weighted by Crippen LogP contribution is 2.30. The molecule has 1 aromatic heterocycles. The fraction of sp³-hybridized carbons (Fsp3) is 0.290. The van der Waals surface area contributed by atoms with Gasteiger partial charge in [0, 0.05) is 55.3 Å². The monoisotopic (exact) mass is 574 g/mol. The number of aromatic nitrogens is 1. The lowest BCUT2D eigenvalue weighted by molar-refractivity contribution is -0.115. The van der Waals surface area contributed by atoms with Gasteiger partial charge in [-0.25, -0.2) is 14.2 Å². The topological polar surface area (TPSA) is 130 Å². The summed E-state index contributed by atoms with van der Waals surface area (Å²) in [7, 11) is 0. The van der Waals surface area contributed by atoms with Crippen molar-refractivity contribution in [3.63, 3.8) is 0 Å². The standard InChI is InChI=1S/C31H35FN6O4/c1-4-17-37(31(41)38(21-39)18-5-2)20-22(3)30(40)36-24-9-10-28(26(32)19-24)42-27-13-16-35-29(33)25(27)8-6-7-23-11-14-34-15-12-23/h4-5,9-10,13,16,19-21,23,34H,1-2,7,11-12,14-15,17-18H2,3H3,(H2,33,35)(H,36,40)/b22-20+. The van der Waals surface area contributed by atoms with Crippen molar-refractivity contribution in [2.75, 3.05) is 37.2 Å². The molecule has 220 valence electrons. The average Bonchev–Trinajstić information content (AvgIpc) is 2.98. The molecule has 10 nitrogen and oxygen atoms in total. The average molecular weight is 575 g/mol. The predicted molar refractivity (Wildman–Crippen MR) is 160 cm³/mol. The molecule has 1 fully saturated rings. The van der Waals surface area contributed by atoms with Crippen molar-refractivity contribution in [3.8, 4) is 23.3 Å². The number of rotatable bonds is 11. The molecule has 0 radical (unpaired) electrons. The smallest absolute Gasteiger partial charge is 0.331 e. The number of benzene rings is 1. The quantitative estimate of drug-likeness (QED) is 0.157. The summed E-state index contributed by atoms with van der Waals surface area (Å²) in [6.45, 7) is 10.6. The minimum Gasteiger partial charge on any atom is -0.453 e. The molecule has 2 heterocycles. The number of anilines is 2.